The lowest BCUT2D eigenvalue weighted by atomic mass is 9.93. The van der Waals surface area contributed by atoms with Gasteiger partial charge in [-0.1, -0.05) is 63.9 Å². The average Bonchev–Trinajstić information content (AvgIpc) is 3.43. The maximum atomic E-state index is 12.6. The summed E-state index contributed by atoms with van der Waals surface area (Å²) >= 11 is 0. The number of benzene rings is 1. The number of hydrogen-bond donors (Lipinski definition) is 2. The second-order valence-corrected chi connectivity index (χ2v) is 8.00. The molecule has 1 amide bonds. The topological polar surface area (TPSA) is 124 Å². The van der Waals surface area contributed by atoms with Crippen LogP contribution in [0.15, 0.2) is 41.2 Å². The van der Waals surface area contributed by atoms with Crippen molar-refractivity contribution in [1.82, 2.24) is 24.7 Å². The van der Waals surface area contributed by atoms with Gasteiger partial charge in [-0.25, -0.2) is 14.5 Å². The number of imidazole rings is 1. The molecular weight excluding hydrogens is 406 g/mol. The number of nitrogens with zero attached hydrogens (tertiary/aromatic N) is 5. The quantitative estimate of drug-likeness (QED) is 0.482. The summed E-state index contributed by atoms with van der Waals surface area (Å²) in [6, 6.07) is 8.29. The van der Waals surface area contributed by atoms with Crippen LogP contribution in [0.25, 0.3) is 16.8 Å². The van der Waals surface area contributed by atoms with Gasteiger partial charge in [0, 0.05) is 31.2 Å². The number of aromatic nitrogens is 5. The first-order valence-electron chi connectivity index (χ1n) is 13.0. The Labute approximate surface area is 194 Å². The first-order chi connectivity index (χ1) is 17.6. The highest BCUT2D eigenvalue weighted by molar-refractivity contribution is 5.91. The zero-order valence-electron chi connectivity index (χ0n) is 23.9. The largest absolute Gasteiger partial charge is 0.382 e. The summed E-state index contributed by atoms with van der Waals surface area (Å²) in [6.45, 7) is -0.720. The fourth-order valence-electron chi connectivity index (χ4n) is 3.27. The minimum atomic E-state index is -2.89. The van der Waals surface area contributed by atoms with E-state index in [0.29, 0.717) is 22.6 Å². The van der Waals surface area contributed by atoms with E-state index in [0.717, 1.165) is 24.4 Å². The second kappa shape index (κ2) is 8.07. The van der Waals surface area contributed by atoms with Crippen molar-refractivity contribution < 1.29 is 17.5 Å². The molecule has 0 radical (unpaired) electrons. The van der Waals surface area contributed by atoms with Gasteiger partial charge in [-0.2, -0.15) is 5.10 Å². The van der Waals surface area contributed by atoms with Gasteiger partial charge in [0.05, 0.1) is 6.42 Å². The van der Waals surface area contributed by atoms with Crippen molar-refractivity contribution >= 4 is 23.1 Å². The van der Waals surface area contributed by atoms with Crippen LogP contribution in [0.4, 0.5) is 11.6 Å². The zero-order chi connectivity index (χ0) is 28.0. The number of fused-ring (bicyclic) bond motifs is 1. The molecule has 9 heteroatoms. The molecule has 9 nitrogen and oxygen atoms in total. The van der Waals surface area contributed by atoms with Gasteiger partial charge in [-0.15, -0.1) is 0 Å². The van der Waals surface area contributed by atoms with Crippen LogP contribution in [0.2, 0.25) is 0 Å². The van der Waals surface area contributed by atoms with Crippen LogP contribution in [-0.4, -0.2) is 30.6 Å². The monoisotopic (exact) mass is 439 g/mol. The van der Waals surface area contributed by atoms with Crippen LogP contribution in [0.5, 0.6) is 0 Å². The van der Waals surface area contributed by atoms with Gasteiger partial charge in [-0.05, 0) is 5.56 Å². The third kappa shape index (κ3) is 4.18. The maximum absolute atomic E-state index is 12.6. The molecule has 3 heterocycles. The Kier molecular flexibility index (Phi) is 3.81. The van der Waals surface area contributed by atoms with Crippen molar-refractivity contribution in [2.45, 2.75) is 52.2 Å². The molecule has 0 saturated heterocycles. The Morgan fingerprint density at radius 3 is 2.75 bits per heavy atom. The molecule has 4 rings (SSSR count). The molecule has 32 heavy (non-hydrogen) atoms. The van der Waals surface area contributed by atoms with E-state index in [1.165, 1.54) is 6.33 Å². The van der Waals surface area contributed by atoms with Crippen LogP contribution in [0, 0.1) is 0 Å². The lowest BCUT2D eigenvalue weighted by Crippen LogP contribution is -2.14. The molecule has 0 saturated carbocycles. The molecule has 0 aliphatic rings. The van der Waals surface area contributed by atoms with Crippen LogP contribution in [0.1, 0.15) is 65.8 Å². The van der Waals surface area contributed by atoms with Gasteiger partial charge in [0.2, 0.25) is 5.91 Å². The summed E-state index contributed by atoms with van der Waals surface area (Å²) in [7, 11) is 0. The molecule has 0 aliphatic heterocycles. The summed E-state index contributed by atoms with van der Waals surface area (Å²) in [5.41, 5.74) is 6.50. The third-order valence-corrected chi connectivity index (χ3v) is 4.86. The van der Waals surface area contributed by atoms with Crippen molar-refractivity contribution in [3.05, 3.63) is 53.8 Å². The van der Waals surface area contributed by atoms with Gasteiger partial charge in [-0.3, -0.25) is 4.79 Å². The number of anilines is 2. The number of hydrogen-bond acceptors (Lipinski definition) is 7. The molecule has 3 N–H and O–H groups in total. The Bertz CT molecular complexity index is 1460. The third-order valence-electron chi connectivity index (χ3n) is 4.86. The number of nitrogens with two attached hydrogens (primary N) is 1. The van der Waals surface area contributed by atoms with Crippen LogP contribution in [0.3, 0.4) is 0 Å². The highest BCUT2D eigenvalue weighted by atomic mass is 16.5. The van der Waals surface area contributed by atoms with Crippen molar-refractivity contribution in [3.63, 3.8) is 0 Å². The molecule has 0 bridgehead atoms. The van der Waals surface area contributed by atoms with Crippen LogP contribution < -0.4 is 11.1 Å². The van der Waals surface area contributed by atoms with Crippen molar-refractivity contribution in [1.29, 1.82) is 0 Å². The molecule has 0 aliphatic carbocycles. The highest BCUT2D eigenvalue weighted by Crippen LogP contribution is 2.30. The van der Waals surface area contributed by atoms with E-state index in [4.69, 9.17) is 23.5 Å². The van der Waals surface area contributed by atoms with E-state index in [1.807, 2.05) is 26.0 Å². The first kappa shape index (κ1) is 15.1. The van der Waals surface area contributed by atoms with E-state index >= 15 is 0 Å². The van der Waals surface area contributed by atoms with E-state index in [-0.39, 0.29) is 23.9 Å². The minimum absolute atomic E-state index is 0.0231. The Morgan fingerprint density at radius 1 is 1.31 bits per heavy atom. The maximum Gasteiger partial charge on any atom is 0.230 e. The van der Waals surface area contributed by atoms with Crippen molar-refractivity contribution in [2.24, 2.45) is 0 Å². The molecule has 0 fully saturated rings. The highest BCUT2D eigenvalue weighted by Gasteiger charge is 2.21. The molecule has 0 spiro atoms. The number of rotatable bonds is 5. The van der Waals surface area contributed by atoms with E-state index in [9.17, 15) is 4.79 Å². The lowest BCUT2D eigenvalue weighted by Gasteiger charge is -2.12. The summed E-state index contributed by atoms with van der Waals surface area (Å²) in [6.07, 6.45) is 1.36. The molecule has 0 atom stereocenters. The first-order valence-corrected chi connectivity index (χ1v) is 9.99. The Hall–Kier alpha value is -3.75. The molecule has 0 unspecified atom stereocenters. The number of carbonyl (C=O) groups is 1. The summed E-state index contributed by atoms with van der Waals surface area (Å²) in [5.74, 6) is 0.249. The summed E-state index contributed by atoms with van der Waals surface area (Å²) < 4.78 is 53.0. The van der Waals surface area contributed by atoms with E-state index in [2.05, 4.69) is 20.6 Å². The Balaban J connectivity index is 1.52. The fourth-order valence-corrected chi connectivity index (χ4v) is 3.27. The van der Waals surface area contributed by atoms with Gasteiger partial charge in [0.25, 0.3) is 0 Å². The molecule has 3 aromatic heterocycles. The zero-order valence-corrected chi connectivity index (χ0v) is 17.9. The molecule has 1 aromatic carbocycles. The van der Waals surface area contributed by atoms with Gasteiger partial charge in [0.15, 0.2) is 11.6 Å². The minimum Gasteiger partial charge on any atom is -0.382 e. The normalized spacial score (nSPS) is 15.5. The SMILES string of the molecule is [2H]C([2H])([2H])C(C)(c1cc(NC(=O)Cc2ccc(-c3nc(C(C)C)n4ncnc(N)c34)cc2)no1)C([2H])([2H])[2H]. The van der Waals surface area contributed by atoms with Crippen LogP contribution in [-0.2, 0) is 16.6 Å². The lowest BCUT2D eigenvalue weighted by molar-refractivity contribution is -0.115. The smallest absolute Gasteiger partial charge is 0.230 e. The van der Waals surface area contributed by atoms with Crippen molar-refractivity contribution in [2.75, 3.05) is 11.1 Å². The van der Waals surface area contributed by atoms with Crippen LogP contribution >= 0.6 is 0 Å². The standard InChI is InChI=1S/C23H27N7O2/c1-13(2)22-28-19(20-21(24)25-12-26-30(20)22)15-8-6-14(7-9-15)10-18(31)27-17-11-16(32-29-17)23(3,4)5/h6-9,11-13H,10H2,1-5H3,(H2,24,25,26)(H,27,29,31)/i3D3,4D3. The van der Waals surface area contributed by atoms with E-state index < -0.39 is 25.0 Å². The molecule has 166 valence electrons. The van der Waals surface area contributed by atoms with Gasteiger partial charge in [0.1, 0.15) is 29.1 Å². The number of amides is 1. The number of nitrogens with one attached hydrogen (secondary N) is 1. The molecule has 4 aromatic rings. The van der Waals surface area contributed by atoms with Crippen molar-refractivity contribution in [3.8, 4) is 11.3 Å². The van der Waals surface area contributed by atoms with Gasteiger partial charge >= 0.3 is 0 Å². The summed E-state index contributed by atoms with van der Waals surface area (Å²) in [4.78, 5) is 21.4. The van der Waals surface area contributed by atoms with E-state index in [1.54, 1.807) is 16.6 Å². The summed E-state index contributed by atoms with van der Waals surface area (Å²) in [5, 5.41) is 10.5. The predicted molar refractivity (Wildman–Crippen MR) is 122 cm³/mol. The fraction of sp³-hybridized carbons (Fsp3) is 0.348. The van der Waals surface area contributed by atoms with Gasteiger partial charge < -0.3 is 15.6 Å². The molecular formula is C23H27N7O2. The average molecular weight is 440 g/mol. The number of nitrogen functional groups attached to an aromatic ring is 1. The number of carbonyl (C=O) groups excluding carboxylic acids is 1. The Morgan fingerprint density at radius 2 is 2.06 bits per heavy atom. The predicted octanol–water partition coefficient (Wildman–Crippen LogP) is 3.96. The second-order valence-electron chi connectivity index (χ2n) is 8.00.